The molecule has 0 saturated carbocycles. The van der Waals surface area contributed by atoms with E-state index in [2.05, 4.69) is 5.32 Å². The van der Waals surface area contributed by atoms with E-state index in [0.717, 1.165) is 11.1 Å². The molecule has 0 aliphatic carbocycles. The van der Waals surface area contributed by atoms with Gasteiger partial charge in [0, 0.05) is 0 Å². The third kappa shape index (κ3) is 4.61. The first-order chi connectivity index (χ1) is 10.2. The van der Waals surface area contributed by atoms with Crippen molar-refractivity contribution in [2.45, 2.75) is 25.7 Å². The number of carbonyl (C=O) groups is 1. The standard InChI is InChI=1S/C17H19NO3/c1-13(16(19)15-10-6-3-7-11-15)18-17(20)21-12-14-8-4-2-5-9-14/h2-11,13,16,19H,12H2,1H3,(H,18,20)/t13-,16+/m0/s1. The second kappa shape index (κ2) is 7.45. The highest BCUT2D eigenvalue weighted by Gasteiger charge is 2.18. The molecule has 4 heteroatoms. The summed E-state index contributed by atoms with van der Waals surface area (Å²) in [5.41, 5.74) is 1.68. The van der Waals surface area contributed by atoms with Gasteiger partial charge in [-0.1, -0.05) is 60.7 Å². The third-order valence-corrected chi connectivity index (χ3v) is 3.17. The fourth-order valence-electron chi connectivity index (χ4n) is 1.97. The minimum atomic E-state index is -0.768. The van der Waals surface area contributed by atoms with E-state index in [4.69, 9.17) is 4.74 Å². The normalized spacial score (nSPS) is 13.2. The molecule has 0 aliphatic rings. The topological polar surface area (TPSA) is 58.6 Å². The van der Waals surface area contributed by atoms with Crippen LogP contribution in [0.4, 0.5) is 4.79 Å². The largest absolute Gasteiger partial charge is 0.445 e. The van der Waals surface area contributed by atoms with Crippen LogP contribution in [-0.2, 0) is 11.3 Å². The maximum absolute atomic E-state index is 11.7. The third-order valence-electron chi connectivity index (χ3n) is 3.17. The highest BCUT2D eigenvalue weighted by molar-refractivity contribution is 5.67. The lowest BCUT2D eigenvalue weighted by atomic mass is 10.0. The van der Waals surface area contributed by atoms with Gasteiger partial charge in [0.25, 0.3) is 0 Å². The Morgan fingerprint density at radius 2 is 1.67 bits per heavy atom. The molecule has 1 amide bonds. The molecule has 0 radical (unpaired) electrons. The highest BCUT2D eigenvalue weighted by atomic mass is 16.5. The molecule has 2 N–H and O–H groups in total. The Morgan fingerprint density at radius 1 is 1.10 bits per heavy atom. The first-order valence-corrected chi connectivity index (χ1v) is 6.87. The summed E-state index contributed by atoms with van der Waals surface area (Å²) in [6.45, 7) is 1.95. The summed E-state index contributed by atoms with van der Waals surface area (Å²) < 4.78 is 5.12. The fourth-order valence-corrected chi connectivity index (χ4v) is 1.97. The van der Waals surface area contributed by atoms with E-state index < -0.39 is 18.2 Å². The summed E-state index contributed by atoms with van der Waals surface area (Å²) in [6.07, 6.45) is -1.31. The predicted molar refractivity (Wildman–Crippen MR) is 80.6 cm³/mol. The van der Waals surface area contributed by atoms with E-state index in [-0.39, 0.29) is 6.61 Å². The number of nitrogens with one attached hydrogen (secondary N) is 1. The van der Waals surface area contributed by atoms with Gasteiger partial charge in [0.2, 0.25) is 0 Å². The van der Waals surface area contributed by atoms with Crippen LogP contribution < -0.4 is 5.32 Å². The van der Waals surface area contributed by atoms with Gasteiger partial charge in [-0.3, -0.25) is 0 Å². The quantitative estimate of drug-likeness (QED) is 0.887. The highest BCUT2D eigenvalue weighted by Crippen LogP contribution is 2.16. The Balaban J connectivity index is 1.82. The number of aliphatic hydroxyl groups is 1. The Bertz CT molecular complexity index is 557. The number of alkyl carbamates (subject to hydrolysis) is 1. The first-order valence-electron chi connectivity index (χ1n) is 6.87. The summed E-state index contributed by atoms with van der Waals surface area (Å²) in [7, 11) is 0. The number of carbonyl (C=O) groups excluding carboxylic acids is 1. The van der Waals surface area contributed by atoms with Gasteiger partial charge >= 0.3 is 6.09 Å². The minimum Gasteiger partial charge on any atom is -0.445 e. The second-order valence-electron chi connectivity index (χ2n) is 4.85. The molecule has 2 atom stereocenters. The lowest BCUT2D eigenvalue weighted by molar-refractivity contribution is 0.106. The van der Waals surface area contributed by atoms with E-state index in [0.29, 0.717) is 0 Å². The summed E-state index contributed by atoms with van der Waals surface area (Å²) in [5.74, 6) is 0. The van der Waals surface area contributed by atoms with Crippen LogP contribution in [0, 0.1) is 0 Å². The van der Waals surface area contributed by atoms with Crippen LogP contribution in [-0.4, -0.2) is 17.2 Å². The van der Waals surface area contributed by atoms with Crippen molar-refractivity contribution in [3.63, 3.8) is 0 Å². The van der Waals surface area contributed by atoms with Gasteiger partial charge in [-0.25, -0.2) is 4.79 Å². The van der Waals surface area contributed by atoms with E-state index in [1.807, 2.05) is 60.7 Å². The Labute approximate surface area is 124 Å². The van der Waals surface area contributed by atoms with Crippen LogP contribution in [0.25, 0.3) is 0 Å². The van der Waals surface area contributed by atoms with Crippen molar-refractivity contribution >= 4 is 6.09 Å². The summed E-state index contributed by atoms with van der Waals surface area (Å²) >= 11 is 0. The van der Waals surface area contributed by atoms with Crippen molar-refractivity contribution in [2.75, 3.05) is 0 Å². The maximum atomic E-state index is 11.7. The molecule has 21 heavy (non-hydrogen) atoms. The van der Waals surface area contributed by atoms with Crippen molar-refractivity contribution < 1.29 is 14.6 Å². The maximum Gasteiger partial charge on any atom is 0.407 e. The predicted octanol–water partition coefficient (Wildman–Crippen LogP) is 3.03. The molecular weight excluding hydrogens is 266 g/mol. The Morgan fingerprint density at radius 3 is 2.29 bits per heavy atom. The SMILES string of the molecule is C[C@H](NC(=O)OCc1ccccc1)[C@@H](O)c1ccccc1. The van der Waals surface area contributed by atoms with Gasteiger partial charge in [-0.05, 0) is 18.1 Å². The van der Waals surface area contributed by atoms with E-state index >= 15 is 0 Å². The molecule has 0 saturated heterocycles. The van der Waals surface area contributed by atoms with Crippen molar-refractivity contribution in [3.8, 4) is 0 Å². The van der Waals surface area contributed by atoms with Crippen LogP contribution in [0.3, 0.4) is 0 Å². The Hall–Kier alpha value is -2.33. The zero-order valence-corrected chi connectivity index (χ0v) is 11.9. The minimum absolute atomic E-state index is 0.209. The number of ether oxygens (including phenoxy) is 1. The summed E-state index contributed by atoms with van der Waals surface area (Å²) in [5, 5.41) is 12.8. The lowest BCUT2D eigenvalue weighted by Gasteiger charge is -2.20. The Kier molecular flexibility index (Phi) is 5.35. The number of aliphatic hydroxyl groups excluding tert-OH is 1. The van der Waals surface area contributed by atoms with Gasteiger partial charge in [0.15, 0.2) is 0 Å². The van der Waals surface area contributed by atoms with Gasteiger partial charge < -0.3 is 15.2 Å². The van der Waals surface area contributed by atoms with E-state index in [1.165, 1.54) is 0 Å². The molecule has 0 fully saturated rings. The fraction of sp³-hybridized carbons (Fsp3) is 0.235. The molecule has 0 aliphatic heterocycles. The van der Waals surface area contributed by atoms with Crippen LogP contribution in [0.1, 0.15) is 24.2 Å². The van der Waals surface area contributed by atoms with Crippen molar-refractivity contribution in [2.24, 2.45) is 0 Å². The number of hydrogen-bond acceptors (Lipinski definition) is 3. The molecule has 0 bridgehead atoms. The zero-order valence-electron chi connectivity index (χ0n) is 11.9. The molecule has 0 aromatic heterocycles. The lowest BCUT2D eigenvalue weighted by Crippen LogP contribution is -2.37. The molecule has 4 nitrogen and oxygen atoms in total. The zero-order chi connectivity index (χ0) is 15.1. The van der Waals surface area contributed by atoms with Crippen molar-refractivity contribution in [3.05, 3.63) is 71.8 Å². The molecule has 0 heterocycles. The average molecular weight is 285 g/mol. The first kappa shape index (κ1) is 15.1. The number of amides is 1. The van der Waals surface area contributed by atoms with Gasteiger partial charge in [0.1, 0.15) is 6.61 Å². The summed E-state index contributed by atoms with van der Waals surface area (Å²) in [6, 6.07) is 18.2. The van der Waals surface area contributed by atoms with E-state index in [1.54, 1.807) is 6.92 Å². The smallest absolute Gasteiger partial charge is 0.407 e. The molecule has 110 valence electrons. The summed E-state index contributed by atoms with van der Waals surface area (Å²) in [4.78, 5) is 11.7. The molecule has 2 aromatic carbocycles. The average Bonchev–Trinajstić information content (AvgIpc) is 2.54. The number of benzene rings is 2. The van der Waals surface area contributed by atoms with Crippen molar-refractivity contribution in [1.29, 1.82) is 0 Å². The molecular formula is C17H19NO3. The van der Waals surface area contributed by atoms with Gasteiger partial charge in [-0.15, -0.1) is 0 Å². The van der Waals surface area contributed by atoms with Crippen LogP contribution in [0.15, 0.2) is 60.7 Å². The van der Waals surface area contributed by atoms with Crippen LogP contribution in [0.5, 0.6) is 0 Å². The van der Waals surface area contributed by atoms with E-state index in [9.17, 15) is 9.90 Å². The second-order valence-corrected chi connectivity index (χ2v) is 4.85. The number of rotatable bonds is 5. The van der Waals surface area contributed by atoms with Gasteiger partial charge in [-0.2, -0.15) is 0 Å². The number of hydrogen-bond donors (Lipinski definition) is 2. The van der Waals surface area contributed by atoms with Crippen molar-refractivity contribution in [1.82, 2.24) is 5.32 Å². The van der Waals surface area contributed by atoms with Gasteiger partial charge in [0.05, 0.1) is 12.1 Å². The molecule has 0 unspecified atom stereocenters. The molecule has 2 aromatic rings. The molecule has 2 rings (SSSR count). The van der Waals surface area contributed by atoms with Crippen LogP contribution >= 0.6 is 0 Å². The monoisotopic (exact) mass is 285 g/mol. The molecule has 0 spiro atoms. The van der Waals surface area contributed by atoms with Crippen LogP contribution in [0.2, 0.25) is 0 Å².